The maximum Gasteiger partial charge on any atom is 0.0704 e. The van der Waals surface area contributed by atoms with E-state index in [4.69, 9.17) is 100 Å². The maximum atomic E-state index is 8.59. The van der Waals surface area contributed by atoms with E-state index in [2.05, 4.69) is 69.2 Å². The lowest BCUT2D eigenvalue weighted by atomic mass is 9.67. The Morgan fingerprint density at radius 3 is 0.528 bits per heavy atom. The van der Waals surface area contributed by atoms with E-state index in [1.54, 1.807) is 0 Å². The van der Waals surface area contributed by atoms with Crippen molar-refractivity contribution < 1.29 is 100 Å². The molecule has 0 unspecified atom stereocenters. The zero-order chi connectivity index (χ0) is 65.1. The summed E-state index contributed by atoms with van der Waals surface area (Å²) in [7, 11) is 0. The van der Waals surface area contributed by atoms with Crippen LogP contribution in [0.5, 0.6) is 0 Å². The van der Waals surface area contributed by atoms with E-state index in [0.29, 0.717) is 272 Å². The van der Waals surface area contributed by atoms with Crippen molar-refractivity contribution >= 4 is 0 Å². The molecule has 0 atom stereocenters. The average molecular weight is 1290 g/mol. The van der Waals surface area contributed by atoms with Crippen LogP contribution < -0.4 is 0 Å². The van der Waals surface area contributed by atoms with Crippen LogP contribution in [0.3, 0.4) is 0 Å². The highest BCUT2D eigenvalue weighted by molar-refractivity contribution is 4.86. The van der Waals surface area contributed by atoms with Crippen molar-refractivity contribution in [1.82, 2.24) is 0 Å². The van der Waals surface area contributed by atoms with Crippen LogP contribution in [0.1, 0.15) is 146 Å². The van der Waals surface area contributed by atoms with Gasteiger partial charge in [0, 0.05) is 0 Å². The van der Waals surface area contributed by atoms with Crippen molar-refractivity contribution in [3.05, 3.63) is 0 Å². The third-order valence-electron chi connectivity index (χ3n) is 15.8. The Bertz CT molecular complexity index is 1440. The lowest BCUT2D eigenvalue weighted by Gasteiger charge is -2.40. The number of aliphatic hydroxyl groups excluding tert-OH is 2. The molecule has 21 heteroatoms. The highest BCUT2D eigenvalue weighted by atomic mass is 16.6. The predicted octanol–water partition coefficient (Wildman–Crippen LogP) is 9.10. The topological polar surface area (TPSA) is 216 Å². The second kappa shape index (κ2) is 59.6. The highest BCUT2D eigenvalue weighted by Crippen LogP contribution is 2.45. The van der Waals surface area contributed by atoms with Crippen LogP contribution in [0, 0.1) is 33.5 Å². The standard InChI is InChI=1S/C35H70O11.C33H66O10/c1-34(2,3)10-11-35(4,5)32-6-8-33(9-7-32)46-31-30-45-29-28-44-27-26-43-25-24-42-23-22-41-21-20-40-19-18-39-17-16-38-15-14-37-13-12-36;1-32(2,3)10-11-33(4,5)30-6-8-31(9-7-30)43-29-28-42-27-26-41-25-24-40-23-22-39-21-20-38-19-18-37-17-16-36-15-14-35-13-12-34/h32-33,36H,6-31H2,1-5H3;30-31,34H,6-29H2,1-5H3. The fourth-order valence-electron chi connectivity index (χ4n) is 10.0. The van der Waals surface area contributed by atoms with Crippen molar-refractivity contribution in [3.8, 4) is 0 Å². The normalized spacial score (nSPS) is 17.8. The minimum Gasteiger partial charge on any atom is -0.394 e. The summed E-state index contributed by atoms with van der Waals surface area (Å²) in [5.41, 5.74) is 1.66. The molecular weight excluding hydrogens is 1150 g/mol. The Hall–Kier alpha value is -0.840. The van der Waals surface area contributed by atoms with Crippen molar-refractivity contribution in [2.24, 2.45) is 33.5 Å². The lowest BCUT2D eigenvalue weighted by Crippen LogP contribution is -2.32. The zero-order valence-electron chi connectivity index (χ0n) is 58.3. The van der Waals surface area contributed by atoms with Crippen LogP contribution in [0.25, 0.3) is 0 Å². The van der Waals surface area contributed by atoms with Crippen LogP contribution in [-0.2, 0) is 90.0 Å². The fraction of sp³-hybridized carbons (Fsp3) is 1.00. The maximum absolute atomic E-state index is 8.59. The average Bonchev–Trinajstić information content (AvgIpc) is 3.27. The van der Waals surface area contributed by atoms with Crippen molar-refractivity contribution in [3.63, 3.8) is 0 Å². The lowest BCUT2D eigenvalue weighted by molar-refractivity contribution is -0.0405. The van der Waals surface area contributed by atoms with E-state index in [1.165, 1.54) is 77.0 Å². The van der Waals surface area contributed by atoms with Crippen LogP contribution in [0.4, 0.5) is 0 Å². The number of hydrogen-bond acceptors (Lipinski definition) is 21. The third kappa shape index (κ3) is 58.3. The zero-order valence-corrected chi connectivity index (χ0v) is 58.3. The molecule has 0 amide bonds. The van der Waals surface area contributed by atoms with Gasteiger partial charge in [-0.2, -0.15) is 0 Å². The van der Waals surface area contributed by atoms with E-state index in [-0.39, 0.29) is 13.2 Å². The predicted molar refractivity (Wildman–Crippen MR) is 346 cm³/mol. The minimum absolute atomic E-state index is 0.0295. The summed E-state index contributed by atoms with van der Waals surface area (Å²) in [4.78, 5) is 0. The molecule has 0 aliphatic heterocycles. The Kier molecular flexibility index (Phi) is 57.7. The molecule has 0 heterocycles. The molecule has 2 saturated carbocycles. The molecular formula is C68H136O21. The molecule has 0 aromatic carbocycles. The van der Waals surface area contributed by atoms with Gasteiger partial charge in [-0.25, -0.2) is 0 Å². The van der Waals surface area contributed by atoms with E-state index < -0.39 is 0 Å². The Morgan fingerprint density at radius 2 is 0.371 bits per heavy atom. The van der Waals surface area contributed by atoms with Crippen LogP contribution in [0.15, 0.2) is 0 Å². The first-order valence-electron chi connectivity index (χ1n) is 34.3. The van der Waals surface area contributed by atoms with Gasteiger partial charge in [0.1, 0.15) is 0 Å². The van der Waals surface area contributed by atoms with Gasteiger partial charge in [0.25, 0.3) is 0 Å². The van der Waals surface area contributed by atoms with Gasteiger partial charge in [0.05, 0.1) is 263 Å². The minimum atomic E-state index is 0.0295. The van der Waals surface area contributed by atoms with Crippen molar-refractivity contribution in [1.29, 1.82) is 0 Å². The van der Waals surface area contributed by atoms with Gasteiger partial charge >= 0.3 is 0 Å². The number of ether oxygens (including phenoxy) is 19. The number of aliphatic hydroxyl groups is 2. The molecule has 2 aliphatic rings. The Balaban J connectivity index is 0.000000892. The number of hydrogen-bond donors (Lipinski definition) is 2. The molecule has 89 heavy (non-hydrogen) atoms. The number of rotatable bonds is 63. The van der Waals surface area contributed by atoms with Crippen LogP contribution in [0.2, 0.25) is 0 Å². The molecule has 0 saturated heterocycles. The smallest absolute Gasteiger partial charge is 0.0704 e. The first-order valence-corrected chi connectivity index (χ1v) is 34.3. The van der Waals surface area contributed by atoms with E-state index >= 15 is 0 Å². The van der Waals surface area contributed by atoms with Crippen molar-refractivity contribution in [2.45, 2.75) is 158 Å². The molecule has 2 N–H and O–H groups in total. The van der Waals surface area contributed by atoms with Gasteiger partial charge in [-0.05, 0) is 111 Å². The molecule has 0 aromatic rings. The molecule has 0 aromatic heterocycles. The van der Waals surface area contributed by atoms with Gasteiger partial charge in [0.2, 0.25) is 0 Å². The fourth-order valence-corrected chi connectivity index (χ4v) is 10.0. The van der Waals surface area contributed by atoms with Gasteiger partial charge < -0.3 is 100 Å². The largest absolute Gasteiger partial charge is 0.394 e. The summed E-state index contributed by atoms with van der Waals surface area (Å²) >= 11 is 0. The van der Waals surface area contributed by atoms with Crippen molar-refractivity contribution in [2.75, 3.05) is 251 Å². The van der Waals surface area contributed by atoms with E-state index in [1.807, 2.05) is 0 Å². The monoisotopic (exact) mass is 1290 g/mol. The summed E-state index contributed by atoms with van der Waals surface area (Å²) in [6.07, 6.45) is 15.7. The summed E-state index contributed by atoms with van der Waals surface area (Å²) in [5, 5.41) is 17.2. The molecule has 2 fully saturated rings. The molecule has 0 bridgehead atoms. The SMILES string of the molecule is CC(C)(C)CCC(C)(C)C1CCC(OCCOCCOCCOCCOCCOCCOCCOCCOCCO)CC1.CC(C)(C)CCC(C)(C)C1CCC(OCCOCCOCCOCCOCCOCCOCCOCCOCCOCCO)CC1. The molecule has 21 nitrogen and oxygen atoms in total. The van der Waals surface area contributed by atoms with Crippen LogP contribution in [-0.4, -0.2) is 273 Å². The third-order valence-corrected chi connectivity index (χ3v) is 15.8. The van der Waals surface area contributed by atoms with Gasteiger partial charge in [-0.3, -0.25) is 0 Å². The molecule has 0 spiro atoms. The van der Waals surface area contributed by atoms with Gasteiger partial charge in [-0.15, -0.1) is 0 Å². The quantitative estimate of drug-likeness (QED) is 0.0543. The summed E-state index contributed by atoms with van der Waals surface area (Å²) in [6.45, 7) is 42.9. The van der Waals surface area contributed by atoms with E-state index in [0.717, 1.165) is 11.8 Å². The first kappa shape index (κ1) is 86.2. The van der Waals surface area contributed by atoms with Gasteiger partial charge in [-0.1, -0.05) is 69.2 Å². The Labute approximate surface area is 541 Å². The van der Waals surface area contributed by atoms with E-state index in [9.17, 15) is 0 Å². The first-order chi connectivity index (χ1) is 43.0. The van der Waals surface area contributed by atoms with Crippen LogP contribution >= 0.6 is 0 Å². The molecule has 0 radical (unpaired) electrons. The summed E-state index contributed by atoms with van der Waals surface area (Å²) in [5.74, 6) is 1.62. The summed E-state index contributed by atoms with van der Waals surface area (Å²) < 4.78 is 105. The molecule has 2 aliphatic carbocycles. The second-order valence-electron chi connectivity index (χ2n) is 26.6. The highest BCUT2D eigenvalue weighted by Gasteiger charge is 2.35. The Morgan fingerprint density at radius 1 is 0.213 bits per heavy atom. The molecule has 534 valence electrons. The molecule has 2 rings (SSSR count). The second-order valence-corrected chi connectivity index (χ2v) is 26.6. The van der Waals surface area contributed by atoms with Gasteiger partial charge in [0.15, 0.2) is 0 Å². The summed E-state index contributed by atoms with van der Waals surface area (Å²) in [6, 6.07) is 0.